The molecule has 1 saturated heterocycles. The molecule has 1 aliphatic carbocycles. The minimum absolute atomic E-state index is 0.857. The number of aromatic nitrogens is 2. The molecule has 0 spiro atoms. The van der Waals surface area contributed by atoms with E-state index in [0.717, 1.165) is 24.2 Å². The molecule has 2 aliphatic rings. The Kier molecular flexibility index (Phi) is 4.41. The van der Waals surface area contributed by atoms with Gasteiger partial charge in [0.15, 0.2) is 0 Å². The number of rotatable bonds is 7. The summed E-state index contributed by atoms with van der Waals surface area (Å²) in [6.45, 7) is 10.3. The molecule has 0 aromatic carbocycles. The van der Waals surface area contributed by atoms with Crippen LogP contribution in [-0.4, -0.2) is 46.9 Å². The van der Waals surface area contributed by atoms with Crippen molar-refractivity contribution in [2.24, 2.45) is 5.92 Å². The molecule has 0 amide bonds. The minimum Gasteiger partial charge on any atom is -0.314 e. The van der Waals surface area contributed by atoms with E-state index in [-0.39, 0.29) is 0 Å². The van der Waals surface area contributed by atoms with Crippen molar-refractivity contribution in [1.82, 2.24) is 20.0 Å². The average Bonchev–Trinajstić information content (AvgIpc) is 3.05. The van der Waals surface area contributed by atoms with E-state index in [2.05, 4.69) is 39.9 Å². The summed E-state index contributed by atoms with van der Waals surface area (Å²) in [5.41, 5.74) is 2.42. The highest BCUT2D eigenvalue weighted by Gasteiger charge is 2.25. The van der Waals surface area contributed by atoms with Crippen LogP contribution in [0.25, 0.3) is 0 Å². The topological polar surface area (TPSA) is 33.1 Å². The van der Waals surface area contributed by atoms with E-state index < -0.39 is 0 Å². The van der Waals surface area contributed by atoms with Crippen molar-refractivity contribution >= 4 is 0 Å². The third kappa shape index (κ3) is 3.83. The Balaban J connectivity index is 1.33. The van der Waals surface area contributed by atoms with Crippen molar-refractivity contribution in [2.75, 3.05) is 26.2 Å². The molecule has 0 radical (unpaired) electrons. The summed E-state index contributed by atoms with van der Waals surface area (Å²) in [6, 6.07) is 3.02. The van der Waals surface area contributed by atoms with E-state index in [1.807, 2.05) is 0 Å². The van der Waals surface area contributed by atoms with Crippen molar-refractivity contribution in [3.8, 4) is 0 Å². The molecule has 1 N–H and O–H groups in total. The van der Waals surface area contributed by atoms with Crippen LogP contribution in [-0.2, 0) is 6.54 Å². The largest absolute Gasteiger partial charge is 0.314 e. The minimum atomic E-state index is 0.857. The maximum Gasteiger partial charge on any atom is 0.0596 e. The van der Waals surface area contributed by atoms with Crippen molar-refractivity contribution in [3.63, 3.8) is 0 Å². The van der Waals surface area contributed by atoms with Gasteiger partial charge in [0.25, 0.3) is 0 Å². The fourth-order valence-corrected chi connectivity index (χ4v) is 3.25. The Morgan fingerprint density at radius 2 is 2.10 bits per heavy atom. The Morgan fingerprint density at radius 1 is 1.25 bits per heavy atom. The van der Waals surface area contributed by atoms with Gasteiger partial charge >= 0.3 is 0 Å². The molecule has 112 valence electrons. The highest BCUT2D eigenvalue weighted by atomic mass is 15.3. The number of hydrogen-bond donors (Lipinski definition) is 1. The molecular formula is C16H28N4. The maximum atomic E-state index is 4.53. The molecule has 0 bridgehead atoms. The van der Waals surface area contributed by atoms with Gasteiger partial charge in [-0.1, -0.05) is 0 Å². The molecule has 2 fully saturated rings. The highest BCUT2D eigenvalue weighted by Crippen LogP contribution is 2.21. The lowest BCUT2D eigenvalue weighted by atomic mass is 10.1. The second-order valence-corrected chi connectivity index (χ2v) is 6.64. The Bertz CT molecular complexity index is 436. The number of hydrogen-bond acceptors (Lipinski definition) is 3. The zero-order valence-corrected chi connectivity index (χ0v) is 12.9. The first-order chi connectivity index (χ1) is 9.70. The quantitative estimate of drug-likeness (QED) is 0.826. The molecule has 1 aromatic heterocycles. The van der Waals surface area contributed by atoms with Gasteiger partial charge < -0.3 is 10.2 Å². The van der Waals surface area contributed by atoms with Crippen LogP contribution >= 0.6 is 0 Å². The molecule has 1 saturated carbocycles. The number of nitrogens with one attached hydrogen (secondary N) is 1. The molecule has 3 rings (SSSR count). The Morgan fingerprint density at radius 3 is 2.80 bits per heavy atom. The van der Waals surface area contributed by atoms with Crippen molar-refractivity contribution in [2.45, 2.75) is 52.1 Å². The van der Waals surface area contributed by atoms with Crippen LogP contribution in [0.4, 0.5) is 0 Å². The van der Waals surface area contributed by atoms with E-state index >= 15 is 0 Å². The van der Waals surface area contributed by atoms with E-state index in [1.165, 1.54) is 57.6 Å². The highest BCUT2D eigenvalue weighted by molar-refractivity contribution is 5.06. The first-order valence-corrected chi connectivity index (χ1v) is 8.17. The molecule has 1 aliphatic heterocycles. The van der Waals surface area contributed by atoms with Crippen LogP contribution in [0.1, 0.15) is 37.1 Å². The zero-order valence-electron chi connectivity index (χ0n) is 12.9. The van der Waals surface area contributed by atoms with E-state index in [9.17, 15) is 0 Å². The summed E-state index contributed by atoms with van der Waals surface area (Å²) in [7, 11) is 0. The molecule has 1 aromatic rings. The van der Waals surface area contributed by atoms with Crippen LogP contribution in [0.3, 0.4) is 0 Å². The first-order valence-electron chi connectivity index (χ1n) is 8.17. The number of nitrogens with zero attached hydrogens (tertiary/aromatic N) is 3. The zero-order chi connectivity index (χ0) is 13.9. The lowest BCUT2D eigenvalue weighted by molar-refractivity contribution is 0.307. The number of likely N-dealkylation sites (tertiary alicyclic amines) is 1. The SMILES string of the molecule is Cc1cc(C)n(CCCN2CCC(CNC3CC3)C2)n1. The van der Waals surface area contributed by atoms with Crippen LogP contribution in [0.15, 0.2) is 6.07 Å². The lowest BCUT2D eigenvalue weighted by Gasteiger charge is -2.16. The first kappa shape index (κ1) is 14.1. The Labute approximate surface area is 122 Å². The molecule has 4 heteroatoms. The second-order valence-electron chi connectivity index (χ2n) is 6.64. The third-order valence-electron chi connectivity index (χ3n) is 4.59. The molecule has 4 nitrogen and oxygen atoms in total. The van der Waals surface area contributed by atoms with Crippen molar-refractivity contribution in [3.05, 3.63) is 17.5 Å². The Hall–Kier alpha value is -0.870. The van der Waals surface area contributed by atoms with Gasteiger partial charge in [-0.3, -0.25) is 4.68 Å². The second kappa shape index (κ2) is 6.27. The van der Waals surface area contributed by atoms with Crippen molar-refractivity contribution < 1.29 is 0 Å². The number of aryl methyl sites for hydroxylation is 3. The summed E-state index contributed by atoms with van der Waals surface area (Å²) >= 11 is 0. The van der Waals surface area contributed by atoms with Gasteiger partial charge in [-0.25, -0.2) is 0 Å². The monoisotopic (exact) mass is 276 g/mol. The predicted molar refractivity (Wildman–Crippen MR) is 81.9 cm³/mol. The van der Waals surface area contributed by atoms with E-state index in [4.69, 9.17) is 0 Å². The standard InChI is InChI=1S/C16H28N4/c1-13-10-14(2)20(18-13)8-3-7-19-9-6-15(12-19)11-17-16-4-5-16/h10,15-17H,3-9,11-12H2,1-2H3. The summed E-state index contributed by atoms with van der Waals surface area (Å²) in [4.78, 5) is 2.63. The van der Waals surface area contributed by atoms with Gasteiger partial charge in [-0.05, 0) is 71.1 Å². The van der Waals surface area contributed by atoms with Gasteiger partial charge in [0.1, 0.15) is 0 Å². The summed E-state index contributed by atoms with van der Waals surface area (Å²) in [5.74, 6) is 0.879. The van der Waals surface area contributed by atoms with Gasteiger partial charge in [0.2, 0.25) is 0 Å². The van der Waals surface area contributed by atoms with Gasteiger partial charge in [-0.15, -0.1) is 0 Å². The van der Waals surface area contributed by atoms with E-state index in [1.54, 1.807) is 0 Å². The molecule has 1 unspecified atom stereocenters. The normalized spacial score (nSPS) is 23.6. The van der Waals surface area contributed by atoms with Gasteiger partial charge in [-0.2, -0.15) is 5.10 Å². The fourth-order valence-electron chi connectivity index (χ4n) is 3.25. The fraction of sp³-hybridized carbons (Fsp3) is 0.812. The molecular weight excluding hydrogens is 248 g/mol. The maximum absolute atomic E-state index is 4.53. The average molecular weight is 276 g/mol. The van der Waals surface area contributed by atoms with Gasteiger partial charge in [0.05, 0.1) is 5.69 Å². The van der Waals surface area contributed by atoms with Gasteiger partial charge in [0, 0.05) is 24.8 Å². The smallest absolute Gasteiger partial charge is 0.0596 e. The molecule has 2 heterocycles. The summed E-state index contributed by atoms with van der Waals surface area (Å²) in [6.07, 6.45) is 5.39. The predicted octanol–water partition coefficient (Wildman–Crippen LogP) is 1.96. The summed E-state index contributed by atoms with van der Waals surface area (Å²) < 4.78 is 2.15. The van der Waals surface area contributed by atoms with E-state index in [0.29, 0.717) is 0 Å². The van der Waals surface area contributed by atoms with Crippen LogP contribution in [0.5, 0.6) is 0 Å². The van der Waals surface area contributed by atoms with Crippen LogP contribution < -0.4 is 5.32 Å². The lowest BCUT2D eigenvalue weighted by Crippen LogP contribution is -2.28. The van der Waals surface area contributed by atoms with Crippen LogP contribution in [0.2, 0.25) is 0 Å². The van der Waals surface area contributed by atoms with Crippen LogP contribution in [0, 0.1) is 19.8 Å². The van der Waals surface area contributed by atoms with Crippen molar-refractivity contribution in [1.29, 1.82) is 0 Å². The summed E-state index contributed by atoms with van der Waals surface area (Å²) in [5, 5.41) is 8.20. The molecule has 20 heavy (non-hydrogen) atoms. The molecule has 1 atom stereocenters. The third-order valence-corrected chi connectivity index (χ3v) is 4.59.